The van der Waals surface area contributed by atoms with E-state index in [-0.39, 0.29) is 12.1 Å². The van der Waals surface area contributed by atoms with Gasteiger partial charge in [0.1, 0.15) is 11.5 Å². The van der Waals surface area contributed by atoms with Gasteiger partial charge in [-0.05, 0) is 38.5 Å². The predicted molar refractivity (Wildman–Crippen MR) is 124 cm³/mol. The molecule has 1 aliphatic rings. The molecule has 7 nitrogen and oxygen atoms in total. The molecule has 2 aromatic heterocycles. The third-order valence-corrected chi connectivity index (χ3v) is 6.61. The van der Waals surface area contributed by atoms with Crippen LogP contribution in [0.2, 0.25) is 0 Å². The van der Waals surface area contributed by atoms with Crippen molar-refractivity contribution in [2.75, 3.05) is 6.61 Å². The first-order chi connectivity index (χ1) is 15.9. The molecule has 0 spiro atoms. The van der Waals surface area contributed by atoms with Gasteiger partial charge in [-0.3, -0.25) is 9.59 Å². The molecule has 3 heterocycles. The Morgan fingerprint density at radius 2 is 2.03 bits per heavy atom. The molecule has 1 N–H and O–H groups in total. The van der Waals surface area contributed by atoms with E-state index >= 15 is 0 Å². The highest BCUT2D eigenvalue weighted by Gasteiger charge is 2.45. The lowest BCUT2D eigenvalue weighted by molar-refractivity contribution is -0.130. The zero-order valence-corrected chi connectivity index (χ0v) is 19.6. The number of aryl methyl sites for hydroxylation is 2. The Balaban J connectivity index is 1.81. The number of aliphatic hydroxyl groups excluding tert-OH is 1. The normalized spacial score (nSPS) is 16.0. The van der Waals surface area contributed by atoms with Crippen molar-refractivity contribution < 1.29 is 23.8 Å². The van der Waals surface area contributed by atoms with Crippen LogP contribution in [0.15, 0.2) is 58.4 Å². The summed E-state index contributed by atoms with van der Waals surface area (Å²) in [6, 6.07) is 9.98. The van der Waals surface area contributed by atoms with Crippen molar-refractivity contribution in [2.45, 2.75) is 46.2 Å². The van der Waals surface area contributed by atoms with E-state index in [0.717, 1.165) is 17.8 Å². The lowest BCUT2D eigenvalue weighted by atomic mass is 9.94. The van der Waals surface area contributed by atoms with Crippen LogP contribution in [0, 0.1) is 13.8 Å². The quantitative estimate of drug-likeness (QED) is 0.339. The largest absolute Gasteiger partial charge is 0.503 e. The molecule has 1 aliphatic heterocycles. The topological polar surface area (TPSA) is 92.9 Å². The number of hydrogen-bond acceptors (Lipinski definition) is 7. The van der Waals surface area contributed by atoms with Crippen molar-refractivity contribution >= 4 is 23.0 Å². The number of nitrogens with zero attached hydrogens (tertiary/aromatic N) is 2. The van der Waals surface area contributed by atoms with Gasteiger partial charge in [0.15, 0.2) is 5.76 Å². The third-order valence-electron chi connectivity index (χ3n) is 5.53. The molecule has 1 amide bonds. The molecule has 0 aliphatic carbocycles. The number of carbonyl (C=O) groups is 2. The molecule has 1 unspecified atom stereocenters. The summed E-state index contributed by atoms with van der Waals surface area (Å²) in [5.41, 5.74) is 1.25. The van der Waals surface area contributed by atoms with E-state index in [1.807, 2.05) is 31.2 Å². The minimum absolute atomic E-state index is 0.0323. The summed E-state index contributed by atoms with van der Waals surface area (Å²) in [6.45, 7) is 6.26. The number of ether oxygens (including phenoxy) is 1. The second kappa shape index (κ2) is 9.62. The van der Waals surface area contributed by atoms with E-state index in [9.17, 15) is 14.7 Å². The minimum atomic E-state index is -0.824. The fourth-order valence-corrected chi connectivity index (χ4v) is 4.85. The van der Waals surface area contributed by atoms with E-state index in [1.54, 1.807) is 19.1 Å². The molecule has 1 atom stereocenters. The molecule has 4 rings (SSSR count). The lowest BCUT2D eigenvalue weighted by Crippen LogP contribution is -2.31. The van der Waals surface area contributed by atoms with Crippen molar-refractivity contribution in [2.24, 2.45) is 0 Å². The van der Waals surface area contributed by atoms with Crippen LogP contribution in [-0.2, 0) is 11.3 Å². The number of rotatable bonds is 9. The van der Waals surface area contributed by atoms with Gasteiger partial charge in [0.25, 0.3) is 5.91 Å². The first-order valence-electron chi connectivity index (χ1n) is 10.9. The Labute approximate surface area is 196 Å². The van der Waals surface area contributed by atoms with Crippen LogP contribution in [0.5, 0.6) is 5.75 Å². The number of carbonyl (C=O) groups excluding carboxylic acids is 2. The van der Waals surface area contributed by atoms with E-state index in [1.165, 1.54) is 22.5 Å². The summed E-state index contributed by atoms with van der Waals surface area (Å²) >= 11 is 1.25. The smallest absolute Gasteiger partial charge is 0.290 e. The summed E-state index contributed by atoms with van der Waals surface area (Å²) in [7, 11) is 0. The number of para-hydroxylation sites is 1. The van der Waals surface area contributed by atoms with Crippen molar-refractivity contribution in [1.82, 2.24) is 9.88 Å². The van der Waals surface area contributed by atoms with Gasteiger partial charge in [-0.25, -0.2) is 4.98 Å². The summed E-state index contributed by atoms with van der Waals surface area (Å²) in [6.07, 6.45) is 3.37. The number of hydrogen-bond donors (Lipinski definition) is 1. The summed E-state index contributed by atoms with van der Waals surface area (Å²) in [5.74, 6) is -0.457. The highest BCUT2D eigenvalue weighted by Crippen LogP contribution is 2.44. The van der Waals surface area contributed by atoms with Crippen LogP contribution in [0.4, 0.5) is 0 Å². The van der Waals surface area contributed by atoms with E-state index < -0.39 is 23.5 Å². The Kier molecular flexibility index (Phi) is 6.65. The van der Waals surface area contributed by atoms with Crippen molar-refractivity contribution in [3.63, 3.8) is 0 Å². The highest BCUT2D eigenvalue weighted by atomic mass is 32.1. The first-order valence-corrected chi connectivity index (χ1v) is 11.7. The highest BCUT2D eigenvalue weighted by molar-refractivity contribution is 7.14. The Hall–Kier alpha value is -3.39. The average Bonchev–Trinajstić information content (AvgIpc) is 3.49. The fraction of sp³-hybridized carbons (Fsp3) is 0.320. The zero-order valence-electron chi connectivity index (χ0n) is 18.8. The summed E-state index contributed by atoms with van der Waals surface area (Å²) in [4.78, 5) is 33.1. The second-order valence-corrected chi connectivity index (χ2v) is 9.10. The molecule has 0 radical (unpaired) electrons. The molecule has 3 aromatic rings. The second-order valence-electron chi connectivity index (χ2n) is 7.89. The van der Waals surface area contributed by atoms with Crippen LogP contribution >= 0.6 is 11.3 Å². The van der Waals surface area contributed by atoms with Crippen LogP contribution in [0.1, 0.15) is 57.5 Å². The van der Waals surface area contributed by atoms with E-state index in [2.05, 4.69) is 11.9 Å². The van der Waals surface area contributed by atoms with Crippen LogP contribution in [-0.4, -0.2) is 33.3 Å². The maximum absolute atomic E-state index is 13.6. The van der Waals surface area contributed by atoms with Gasteiger partial charge in [0, 0.05) is 5.56 Å². The molecule has 0 saturated carbocycles. The molecule has 0 fully saturated rings. The van der Waals surface area contributed by atoms with Crippen molar-refractivity contribution in [1.29, 1.82) is 0 Å². The Morgan fingerprint density at radius 3 is 2.70 bits per heavy atom. The van der Waals surface area contributed by atoms with Gasteiger partial charge >= 0.3 is 0 Å². The van der Waals surface area contributed by atoms with Crippen LogP contribution in [0.25, 0.3) is 0 Å². The van der Waals surface area contributed by atoms with Gasteiger partial charge in [-0.2, -0.15) is 0 Å². The van der Waals surface area contributed by atoms with Crippen LogP contribution in [0.3, 0.4) is 0 Å². The molecule has 8 heteroatoms. The van der Waals surface area contributed by atoms with Gasteiger partial charge in [0.05, 0.1) is 46.6 Å². The predicted octanol–water partition coefficient (Wildman–Crippen LogP) is 5.31. The van der Waals surface area contributed by atoms with Crippen molar-refractivity contribution in [3.05, 3.63) is 80.9 Å². The van der Waals surface area contributed by atoms with E-state index in [0.29, 0.717) is 34.3 Å². The zero-order chi connectivity index (χ0) is 23.5. The number of amides is 1. The Morgan fingerprint density at radius 1 is 1.24 bits per heavy atom. The first kappa shape index (κ1) is 22.8. The number of ketones is 1. The Bertz CT molecular complexity index is 1200. The molecular weight excluding hydrogens is 440 g/mol. The summed E-state index contributed by atoms with van der Waals surface area (Å²) < 4.78 is 11.5. The van der Waals surface area contributed by atoms with Crippen LogP contribution < -0.4 is 4.74 Å². The van der Waals surface area contributed by atoms with Crippen molar-refractivity contribution in [3.8, 4) is 5.75 Å². The molecule has 172 valence electrons. The number of benzene rings is 1. The standard InChI is InChI=1S/C25H26N2O5S/c1-4-5-12-32-19-11-7-6-10-18(19)21-20(22(28)24-15(2)26-16(3)33-24)23(29)25(30)27(21)14-17-9-8-13-31-17/h6-11,13,21,29H,4-5,12,14H2,1-3H3. The molecule has 1 aromatic carbocycles. The third kappa shape index (κ3) is 4.43. The van der Waals surface area contributed by atoms with Gasteiger partial charge < -0.3 is 19.2 Å². The number of aromatic nitrogens is 1. The average molecular weight is 467 g/mol. The maximum Gasteiger partial charge on any atom is 0.290 e. The SMILES string of the molecule is CCCCOc1ccccc1C1C(C(=O)c2sc(C)nc2C)=C(O)C(=O)N1Cc1ccco1. The minimum Gasteiger partial charge on any atom is -0.503 e. The number of thiazole rings is 1. The molecule has 0 saturated heterocycles. The molecular formula is C25H26N2O5S. The lowest BCUT2D eigenvalue weighted by Gasteiger charge is -2.27. The number of furan rings is 1. The molecule has 0 bridgehead atoms. The molecule has 33 heavy (non-hydrogen) atoms. The fourth-order valence-electron chi connectivity index (χ4n) is 3.97. The monoisotopic (exact) mass is 466 g/mol. The maximum atomic E-state index is 13.6. The number of Topliss-reactive ketones (excluding diaryl/α,β-unsaturated/α-hetero) is 1. The van der Waals surface area contributed by atoms with E-state index in [4.69, 9.17) is 9.15 Å². The number of unbranched alkanes of at least 4 members (excludes halogenated alkanes) is 1. The van der Waals surface area contributed by atoms with Gasteiger partial charge in [0.2, 0.25) is 5.78 Å². The van der Waals surface area contributed by atoms with Gasteiger partial charge in [-0.1, -0.05) is 31.5 Å². The number of aliphatic hydroxyl groups is 1. The summed E-state index contributed by atoms with van der Waals surface area (Å²) in [5, 5.41) is 11.6. The van der Waals surface area contributed by atoms with Gasteiger partial charge in [-0.15, -0.1) is 11.3 Å².